The van der Waals surface area contributed by atoms with Gasteiger partial charge in [0.25, 0.3) is 5.91 Å². The maximum atomic E-state index is 12.2. The van der Waals surface area contributed by atoms with Crippen LogP contribution in [0.1, 0.15) is 15.9 Å². The molecular formula is C14H11BrN4O. The van der Waals surface area contributed by atoms with Gasteiger partial charge in [0.15, 0.2) is 0 Å². The second-order valence-corrected chi connectivity index (χ2v) is 5.36. The third-order valence-corrected chi connectivity index (χ3v) is 3.41. The fourth-order valence-corrected chi connectivity index (χ4v) is 2.38. The van der Waals surface area contributed by atoms with Gasteiger partial charge in [-0.2, -0.15) is 5.10 Å². The topological polar surface area (TPSA) is 70.7 Å². The maximum Gasteiger partial charge on any atom is 0.256 e. The summed E-state index contributed by atoms with van der Waals surface area (Å²) in [5.41, 5.74) is 2.29. The highest BCUT2D eigenvalue weighted by Crippen LogP contribution is 2.18. The van der Waals surface area contributed by atoms with E-state index in [1.165, 1.54) is 0 Å². The average molecular weight is 331 g/mol. The summed E-state index contributed by atoms with van der Waals surface area (Å²) >= 11 is 3.34. The van der Waals surface area contributed by atoms with Gasteiger partial charge in [-0.15, -0.1) is 0 Å². The van der Waals surface area contributed by atoms with E-state index < -0.39 is 0 Å². The highest BCUT2D eigenvalue weighted by molar-refractivity contribution is 9.10. The molecular weight excluding hydrogens is 320 g/mol. The van der Waals surface area contributed by atoms with E-state index in [9.17, 15) is 4.79 Å². The van der Waals surface area contributed by atoms with Crippen molar-refractivity contribution in [2.75, 3.05) is 5.32 Å². The number of amides is 1. The predicted molar refractivity (Wildman–Crippen MR) is 80.7 cm³/mol. The van der Waals surface area contributed by atoms with Crippen LogP contribution in [0.25, 0.3) is 10.9 Å². The number of aromatic amines is 1. The van der Waals surface area contributed by atoms with Gasteiger partial charge in [-0.25, -0.2) is 4.98 Å². The van der Waals surface area contributed by atoms with Crippen molar-refractivity contribution in [2.24, 2.45) is 0 Å². The van der Waals surface area contributed by atoms with Crippen LogP contribution in [0.2, 0.25) is 0 Å². The van der Waals surface area contributed by atoms with Crippen LogP contribution in [-0.2, 0) is 0 Å². The quantitative estimate of drug-likeness (QED) is 0.757. The van der Waals surface area contributed by atoms with E-state index in [1.807, 2.05) is 19.1 Å². The molecule has 0 saturated heterocycles. The molecule has 0 saturated carbocycles. The Morgan fingerprint density at radius 2 is 2.15 bits per heavy atom. The first kappa shape index (κ1) is 12.8. The zero-order valence-electron chi connectivity index (χ0n) is 10.6. The lowest BCUT2D eigenvalue weighted by molar-refractivity contribution is 0.102. The lowest BCUT2D eigenvalue weighted by atomic mass is 10.1. The van der Waals surface area contributed by atoms with E-state index in [0.29, 0.717) is 11.4 Å². The first-order valence-electron chi connectivity index (χ1n) is 6.00. The zero-order chi connectivity index (χ0) is 14.1. The molecule has 0 aliphatic rings. The van der Waals surface area contributed by atoms with Crippen molar-refractivity contribution in [3.63, 3.8) is 0 Å². The van der Waals surface area contributed by atoms with Gasteiger partial charge in [0.2, 0.25) is 0 Å². The standard InChI is InChI=1S/C14H11BrN4O/c1-8-4-11(15)7-16-13(8)18-14(20)9-2-3-10-6-17-19-12(10)5-9/h2-7H,1H3,(H,17,19)(H,16,18,20). The van der Waals surface area contributed by atoms with Crippen LogP contribution >= 0.6 is 15.9 Å². The summed E-state index contributed by atoms with van der Waals surface area (Å²) in [6.45, 7) is 1.89. The molecule has 20 heavy (non-hydrogen) atoms. The number of aromatic nitrogens is 3. The highest BCUT2D eigenvalue weighted by Gasteiger charge is 2.10. The Bertz CT molecular complexity index is 797. The molecule has 0 bridgehead atoms. The minimum absolute atomic E-state index is 0.195. The van der Waals surface area contributed by atoms with Gasteiger partial charge in [0.1, 0.15) is 5.82 Å². The SMILES string of the molecule is Cc1cc(Br)cnc1NC(=O)c1ccc2cn[nH]c2c1. The number of aryl methyl sites for hydroxylation is 1. The summed E-state index contributed by atoms with van der Waals surface area (Å²) in [6.07, 6.45) is 3.37. The van der Waals surface area contributed by atoms with Crippen molar-refractivity contribution >= 4 is 38.6 Å². The summed E-state index contributed by atoms with van der Waals surface area (Å²) < 4.78 is 0.881. The molecule has 5 nitrogen and oxygen atoms in total. The fraction of sp³-hybridized carbons (Fsp3) is 0.0714. The number of hydrogen-bond donors (Lipinski definition) is 2. The second kappa shape index (κ2) is 5.05. The summed E-state index contributed by atoms with van der Waals surface area (Å²) in [5.74, 6) is 0.363. The number of hydrogen-bond acceptors (Lipinski definition) is 3. The van der Waals surface area contributed by atoms with Crippen LogP contribution in [0.5, 0.6) is 0 Å². The van der Waals surface area contributed by atoms with Crippen molar-refractivity contribution in [3.8, 4) is 0 Å². The number of H-pyrrole nitrogens is 1. The van der Waals surface area contributed by atoms with E-state index in [0.717, 1.165) is 20.9 Å². The van der Waals surface area contributed by atoms with Crippen LogP contribution in [0, 0.1) is 6.92 Å². The Kier molecular flexibility index (Phi) is 3.23. The van der Waals surface area contributed by atoms with E-state index in [2.05, 4.69) is 36.4 Å². The Morgan fingerprint density at radius 1 is 1.30 bits per heavy atom. The second-order valence-electron chi connectivity index (χ2n) is 4.45. The summed E-state index contributed by atoms with van der Waals surface area (Å²) in [5, 5.41) is 10.6. The smallest absolute Gasteiger partial charge is 0.256 e. The Hall–Kier alpha value is -2.21. The highest BCUT2D eigenvalue weighted by atomic mass is 79.9. The number of rotatable bonds is 2. The monoisotopic (exact) mass is 330 g/mol. The molecule has 0 radical (unpaired) electrons. The molecule has 6 heteroatoms. The van der Waals surface area contributed by atoms with E-state index in [-0.39, 0.29) is 5.91 Å². The summed E-state index contributed by atoms with van der Waals surface area (Å²) in [7, 11) is 0. The van der Waals surface area contributed by atoms with Crippen molar-refractivity contribution < 1.29 is 4.79 Å². The number of fused-ring (bicyclic) bond motifs is 1. The molecule has 2 heterocycles. The fourth-order valence-electron chi connectivity index (χ4n) is 1.93. The number of benzene rings is 1. The molecule has 0 unspecified atom stereocenters. The minimum atomic E-state index is -0.195. The van der Waals surface area contributed by atoms with Crippen LogP contribution in [0.4, 0.5) is 5.82 Å². The Balaban J connectivity index is 1.88. The molecule has 2 aromatic heterocycles. The molecule has 0 spiro atoms. The number of nitrogens with zero attached hydrogens (tertiary/aromatic N) is 2. The Labute approximate surface area is 123 Å². The molecule has 2 N–H and O–H groups in total. The number of nitrogens with one attached hydrogen (secondary N) is 2. The van der Waals surface area contributed by atoms with Gasteiger partial charge in [-0.1, -0.05) is 6.07 Å². The van der Waals surface area contributed by atoms with Gasteiger partial charge in [-0.3, -0.25) is 9.89 Å². The lowest BCUT2D eigenvalue weighted by Gasteiger charge is -2.07. The summed E-state index contributed by atoms with van der Waals surface area (Å²) in [6, 6.07) is 7.30. The van der Waals surface area contributed by atoms with Crippen LogP contribution in [-0.4, -0.2) is 21.1 Å². The normalized spacial score (nSPS) is 10.7. The van der Waals surface area contributed by atoms with Gasteiger partial charge in [0.05, 0.1) is 11.7 Å². The van der Waals surface area contributed by atoms with E-state index >= 15 is 0 Å². The van der Waals surface area contributed by atoms with Gasteiger partial charge in [-0.05, 0) is 46.6 Å². The third kappa shape index (κ3) is 2.42. The van der Waals surface area contributed by atoms with Crippen LogP contribution in [0.15, 0.2) is 41.1 Å². The molecule has 0 atom stereocenters. The van der Waals surface area contributed by atoms with E-state index in [4.69, 9.17) is 0 Å². The van der Waals surface area contributed by atoms with Crippen LogP contribution < -0.4 is 5.32 Å². The molecule has 1 aromatic carbocycles. The number of carbonyl (C=O) groups is 1. The minimum Gasteiger partial charge on any atom is -0.306 e. The molecule has 3 aromatic rings. The molecule has 0 fully saturated rings. The molecule has 0 aliphatic carbocycles. The number of halogens is 1. The molecule has 1 amide bonds. The van der Waals surface area contributed by atoms with Crippen molar-refractivity contribution in [1.82, 2.24) is 15.2 Å². The molecule has 0 aliphatic heterocycles. The van der Waals surface area contributed by atoms with E-state index in [1.54, 1.807) is 24.5 Å². The first-order chi connectivity index (χ1) is 9.63. The average Bonchev–Trinajstić information content (AvgIpc) is 2.89. The largest absolute Gasteiger partial charge is 0.306 e. The predicted octanol–water partition coefficient (Wildman–Crippen LogP) is 3.28. The van der Waals surface area contributed by atoms with Gasteiger partial charge in [0, 0.05) is 21.6 Å². The number of anilines is 1. The maximum absolute atomic E-state index is 12.2. The summed E-state index contributed by atoms with van der Waals surface area (Å²) in [4.78, 5) is 16.4. The van der Waals surface area contributed by atoms with Crippen molar-refractivity contribution in [1.29, 1.82) is 0 Å². The first-order valence-corrected chi connectivity index (χ1v) is 6.79. The number of pyridine rings is 1. The zero-order valence-corrected chi connectivity index (χ0v) is 12.2. The molecule has 3 rings (SSSR count). The lowest BCUT2D eigenvalue weighted by Crippen LogP contribution is -2.13. The van der Waals surface area contributed by atoms with Crippen LogP contribution in [0.3, 0.4) is 0 Å². The van der Waals surface area contributed by atoms with Crippen molar-refractivity contribution in [2.45, 2.75) is 6.92 Å². The number of carbonyl (C=O) groups excluding carboxylic acids is 1. The third-order valence-electron chi connectivity index (χ3n) is 2.98. The van der Waals surface area contributed by atoms with Gasteiger partial charge < -0.3 is 5.32 Å². The van der Waals surface area contributed by atoms with Crippen molar-refractivity contribution in [3.05, 3.63) is 52.3 Å². The Morgan fingerprint density at radius 3 is 2.95 bits per heavy atom. The molecule has 100 valence electrons. The van der Waals surface area contributed by atoms with Gasteiger partial charge >= 0.3 is 0 Å².